The monoisotopic (exact) mass is 383 g/mol. The number of hydrogen-bond donors (Lipinski definition) is 1. The van der Waals surface area contributed by atoms with Crippen molar-refractivity contribution in [1.82, 2.24) is 0 Å². The molecule has 0 radical (unpaired) electrons. The van der Waals surface area contributed by atoms with Gasteiger partial charge in [0, 0.05) is 17.5 Å². The summed E-state index contributed by atoms with van der Waals surface area (Å²) in [6.07, 6.45) is 0. The van der Waals surface area contributed by atoms with Gasteiger partial charge in [0.1, 0.15) is 5.82 Å². The normalized spacial score (nSPS) is 25.8. The predicted octanol–water partition coefficient (Wildman–Crippen LogP) is 3.15. The van der Waals surface area contributed by atoms with E-state index >= 15 is 0 Å². The second-order valence-corrected chi connectivity index (χ2v) is 8.71. The number of ether oxygens (including phenoxy) is 1. The Labute approximate surface area is 151 Å². The number of rotatable bonds is 6. The van der Waals surface area contributed by atoms with Crippen LogP contribution in [0.15, 0.2) is 53.4 Å². The van der Waals surface area contributed by atoms with Gasteiger partial charge in [0.05, 0.1) is 22.3 Å². The van der Waals surface area contributed by atoms with Gasteiger partial charge >= 0.3 is 0 Å². The first-order chi connectivity index (χ1) is 11.8. The van der Waals surface area contributed by atoms with Gasteiger partial charge in [-0.2, -0.15) is 0 Å². The van der Waals surface area contributed by atoms with Crippen LogP contribution >= 0.6 is 11.6 Å². The van der Waals surface area contributed by atoms with E-state index in [1.165, 1.54) is 36.4 Å². The molecule has 0 unspecified atom stereocenters. The summed E-state index contributed by atoms with van der Waals surface area (Å²) >= 11 is 5.84. The SMILES string of the molecule is CCOC[C@]1(N)[C@@H](c2cccc(F)c2)[C@@H]1S(=O)(=O)c1ccc(Cl)cc1. The van der Waals surface area contributed by atoms with Gasteiger partial charge in [-0.05, 0) is 48.9 Å². The van der Waals surface area contributed by atoms with Gasteiger partial charge in [0.25, 0.3) is 0 Å². The van der Waals surface area contributed by atoms with Crippen molar-refractivity contribution in [3.05, 3.63) is 64.9 Å². The van der Waals surface area contributed by atoms with E-state index in [2.05, 4.69) is 0 Å². The number of nitrogens with two attached hydrogens (primary N) is 1. The molecule has 1 aliphatic rings. The third-order valence-corrected chi connectivity index (χ3v) is 7.10. The zero-order valence-corrected chi connectivity index (χ0v) is 15.2. The average Bonchev–Trinajstić information content (AvgIpc) is 3.20. The highest BCUT2D eigenvalue weighted by Gasteiger charge is 2.69. The summed E-state index contributed by atoms with van der Waals surface area (Å²) < 4.78 is 45.2. The lowest BCUT2D eigenvalue weighted by Crippen LogP contribution is -2.36. The molecule has 0 amide bonds. The maximum atomic E-state index is 13.6. The van der Waals surface area contributed by atoms with Crippen LogP contribution in [0.5, 0.6) is 0 Å². The summed E-state index contributed by atoms with van der Waals surface area (Å²) in [5.74, 6) is -0.957. The molecule has 3 rings (SSSR count). The zero-order valence-electron chi connectivity index (χ0n) is 13.7. The van der Waals surface area contributed by atoms with Crippen LogP contribution in [-0.4, -0.2) is 32.4 Å². The Morgan fingerprint density at radius 1 is 1.24 bits per heavy atom. The lowest BCUT2D eigenvalue weighted by molar-refractivity contribution is 0.125. The van der Waals surface area contributed by atoms with Gasteiger partial charge in [-0.1, -0.05) is 23.7 Å². The number of benzene rings is 2. The van der Waals surface area contributed by atoms with Crippen LogP contribution in [0.1, 0.15) is 18.4 Å². The quantitative estimate of drug-likeness (QED) is 0.831. The van der Waals surface area contributed by atoms with Crippen molar-refractivity contribution in [2.45, 2.75) is 28.5 Å². The Morgan fingerprint density at radius 3 is 2.52 bits per heavy atom. The molecule has 2 N–H and O–H groups in total. The molecule has 0 heterocycles. The molecule has 0 saturated heterocycles. The van der Waals surface area contributed by atoms with Crippen LogP contribution < -0.4 is 5.73 Å². The molecule has 2 aromatic rings. The van der Waals surface area contributed by atoms with Gasteiger partial charge in [0.2, 0.25) is 0 Å². The molecule has 0 bridgehead atoms. The van der Waals surface area contributed by atoms with E-state index in [4.69, 9.17) is 22.1 Å². The van der Waals surface area contributed by atoms with Crippen molar-refractivity contribution in [2.75, 3.05) is 13.2 Å². The Kier molecular flexibility index (Phi) is 4.90. The highest BCUT2D eigenvalue weighted by Crippen LogP contribution is 2.55. The minimum Gasteiger partial charge on any atom is -0.380 e. The molecule has 4 nitrogen and oxygen atoms in total. The zero-order chi connectivity index (χ0) is 18.2. The van der Waals surface area contributed by atoms with Gasteiger partial charge in [-0.15, -0.1) is 0 Å². The van der Waals surface area contributed by atoms with Crippen molar-refractivity contribution in [1.29, 1.82) is 0 Å². The summed E-state index contributed by atoms with van der Waals surface area (Å²) in [6, 6.07) is 11.8. The highest BCUT2D eigenvalue weighted by molar-refractivity contribution is 7.92. The number of sulfone groups is 1. The molecular weight excluding hydrogens is 365 g/mol. The van der Waals surface area contributed by atoms with Crippen LogP contribution in [0.25, 0.3) is 0 Å². The third-order valence-electron chi connectivity index (χ3n) is 4.54. The summed E-state index contributed by atoms with van der Waals surface area (Å²) in [6.45, 7) is 2.32. The van der Waals surface area contributed by atoms with E-state index in [0.29, 0.717) is 17.2 Å². The van der Waals surface area contributed by atoms with Crippen LogP contribution in [0.2, 0.25) is 5.02 Å². The maximum Gasteiger partial charge on any atom is 0.183 e. The first-order valence-corrected chi connectivity index (χ1v) is 9.84. The Bertz CT molecular complexity index is 872. The average molecular weight is 384 g/mol. The molecule has 2 aromatic carbocycles. The lowest BCUT2D eigenvalue weighted by Gasteiger charge is -2.12. The summed E-state index contributed by atoms with van der Waals surface area (Å²) in [4.78, 5) is 0.145. The molecule has 1 aliphatic carbocycles. The molecule has 0 aromatic heterocycles. The van der Waals surface area contributed by atoms with Crippen LogP contribution in [0, 0.1) is 5.82 Å². The fourth-order valence-electron chi connectivity index (χ4n) is 3.30. The largest absolute Gasteiger partial charge is 0.380 e. The Hall–Kier alpha value is -1.47. The third kappa shape index (κ3) is 3.31. The lowest BCUT2D eigenvalue weighted by atomic mass is 10.1. The van der Waals surface area contributed by atoms with Gasteiger partial charge in [-0.25, -0.2) is 12.8 Å². The molecule has 0 spiro atoms. The van der Waals surface area contributed by atoms with Crippen molar-refractivity contribution < 1.29 is 17.5 Å². The van der Waals surface area contributed by atoms with Gasteiger partial charge in [0.15, 0.2) is 9.84 Å². The minimum atomic E-state index is -3.72. The van der Waals surface area contributed by atoms with E-state index in [9.17, 15) is 12.8 Å². The predicted molar refractivity (Wildman–Crippen MR) is 95.0 cm³/mol. The fraction of sp³-hybridized carbons (Fsp3) is 0.333. The highest BCUT2D eigenvalue weighted by atomic mass is 35.5. The molecule has 0 aliphatic heterocycles. The standard InChI is InChI=1S/C18H19ClFNO3S/c1-2-24-11-18(21)16(12-4-3-5-14(20)10-12)17(18)25(22,23)15-8-6-13(19)7-9-15/h3-10,16-17H,2,11,21H2,1H3/t16-,17-,18-/m0/s1. The van der Waals surface area contributed by atoms with Crippen LogP contribution in [0.3, 0.4) is 0 Å². The first-order valence-electron chi connectivity index (χ1n) is 7.92. The minimum absolute atomic E-state index is 0.0855. The second kappa shape index (κ2) is 6.68. The first kappa shape index (κ1) is 18.3. The topological polar surface area (TPSA) is 69.4 Å². The number of halogens is 2. The molecular formula is C18H19ClFNO3S. The van der Waals surface area contributed by atoms with E-state index in [1.54, 1.807) is 12.1 Å². The second-order valence-electron chi connectivity index (χ2n) is 6.20. The van der Waals surface area contributed by atoms with Crippen molar-refractivity contribution >= 4 is 21.4 Å². The summed E-state index contributed by atoms with van der Waals surface area (Å²) in [5.41, 5.74) is 5.87. The Balaban J connectivity index is 2.01. The molecule has 3 atom stereocenters. The van der Waals surface area contributed by atoms with E-state index < -0.39 is 32.4 Å². The van der Waals surface area contributed by atoms with Crippen molar-refractivity contribution in [3.8, 4) is 0 Å². The number of hydrogen-bond acceptors (Lipinski definition) is 4. The molecule has 1 saturated carbocycles. The Morgan fingerprint density at radius 2 is 1.92 bits per heavy atom. The van der Waals surface area contributed by atoms with Crippen molar-refractivity contribution in [3.63, 3.8) is 0 Å². The summed E-state index contributed by atoms with van der Waals surface area (Å²) in [7, 11) is -3.72. The van der Waals surface area contributed by atoms with Crippen molar-refractivity contribution in [2.24, 2.45) is 5.73 Å². The molecule has 134 valence electrons. The van der Waals surface area contributed by atoms with E-state index in [0.717, 1.165) is 0 Å². The molecule has 25 heavy (non-hydrogen) atoms. The smallest absolute Gasteiger partial charge is 0.183 e. The van der Waals surface area contributed by atoms with E-state index in [1.807, 2.05) is 6.92 Å². The molecule has 7 heteroatoms. The van der Waals surface area contributed by atoms with Crippen LogP contribution in [0.4, 0.5) is 4.39 Å². The van der Waals surface area contributed by atoms with Gasteiger partial charge < -0.3 is 10.5 Å². The van der Waals surface area contributed by atoms with E-state index in [-0.39, 0.29) is 11.5 Å². The summed E-state index contributed by atoms with van der Waals surface area (Å²) in [5, 5.41) is -0.431. The fourth-order valence-corrected chi connectivity index (χ4v) is 5.71. The molecule has 1 fully saturated rings. The van der Waals surface area contributed by atoms with Crippen LogP contribution in [-0.2, 0) is 14.6 Å². The van der Waals surface area contributed by atoms with Gasteiger partial charge in [-0.3, -0.25) is 0 Å². The maximum absolute atomic E-state index is 13.6.